The van der Waals surface area contributed by atoms with E-state index in [-0.39, 0.29) is 73.5 Å². The van der Waals surface area contributed by atoms with Crippen molar-refractivity contribution in [1.82, 2.24) is 63.4 Å². The van der Waals surface area contributed by atoms with Crippen LogP contribution < -0.4 is 64.2 Å². The number of hydrogen-bond donors (Lipinski definition) is 17. The number of amides is 13. The standard InChI is InChI=1S/C62H91N13O22S2/c1-30(2)22-39-56(91)67-37(15-18-45(63)77)54(89)73-42-28-98-26-33-11-13-34(14-12-33)27-99-29-43(59(94)71-41(23-31(3)4)62(97)75-21-7-9-44(75)60(95)70-39)72-52(87)36(16-19-48(81)82)65-46(78)25-64-61(96)51(32(5)76)74-55(90)35(8-6-10-47(79)80)66-53(88)38(17-20-49(83)84)68-57(92)40(24-50(85)86)69-58(42)93/h11-14,30-32,35-44,51,76H,6-10,15-29H2,1-5H3,(H2,63,77)(H,64,96)(H,65,78)(H,66,88)(H,67,91)(H,68,92)(H,69,93)(H,70,95)(H,71,94)(H,72,87)(H,73,89)(H,74,90)(H,79,80)(H,81,82)(H,83,84)(H,85,86)/t32-,35+,36+,37+,38+,39+,40+,41+,42+,43+,44+,51+/m1/s1. The van der Waals surface area contributed by atoms with E-state index in [4.69, 9.17) is 5.73 Å². The van der Waals surface area contributed by atoms with Crippen LogP contribution in [0, 0.1) is 11.8 Å². The smallest absolute Gasteiger partial charge is 0.305 e. The van der Waals surface area contributed by atoms with Gasteiger partial charge in [0.1, 0.15) is 66.5 Å². The summed E-state index contributed by atoms with van der Waals surface area (Å²) in [5.74, 6) is -21.3. The van der Waals surface area contributed by atoms with E-state index in [1.807, 2.05) is 0 Å². The lowest BCUT2D eigenvalue weighted by Crippen LogP contribution is -2.61. The Morgan fingerprint density at radius 2 is 0.899 bits per heavy atom. The normalized spacial score (nSPS) is 25.7. The summed E-state index contributed by atoms with van der Waals surface area (Å²) in [6.07, 6.45) is -8.31. The average molecular weight is 1430 g/mol. The molecule has 13 amide bonds. The van der Waals surface area contributed by atoms with Gasteiger partial charge in [-0.15, -0.1) is 0 Å². The molecule has 4 aliphatic rings. The highest BCUT2D eigenvalue weighted by Crippen LogP contribution is 2.24. The van der Waals surface area contributed by atoms with Crippen molar-refractivity contribution in [3.8, 4) is 0 Å². The van der Waals surface area contributed by atoms with Gasteiger partial charge in [-0.05, 0) is 87.7 Å². The molecule has 548 valence electrons. The molecule has 1 aromatic rings. The summed E-state index contributed by atoms with van der Waals surface area (Å²) in [6, 6.07) is -12.0. The number of nitrogens with one attached hydrogen (secondary N) is 11. The van der Waals surface area contributed by atoms with Crippen molar-refractivity contribution < 1.29 is 107 Å². The van der Waals surface area contributed by atoms with Crippen molar-refractivity contribution in [2.24, 2.45) is 17.6 Å². The molecule has 1 saturated heterocycles. The molecule has 99 heavy (non-hydrogen) atoms. The van der Waals surface area contributed by atoms with Gasteiger partial charge in [0.2, 0.25) is 76.8 Å². The maximum Gasteiger partial charge on any atom is 0.305 e. The third-order valence-corrected chi connectivity index (χ3v) is 18.0. The van der Waals surface area contributed by atoms with Gasteiger partial charge in [-0.3, -0.25) is 81.5 Å². The molecule has 0 radical (unpaired) electrons. The molecule has 1 aromatic carbocycles. The summed E-state index contributed by atoms with van der Waals surface area (Å²) in [5.41, 5.74) is 6.80. The van der Waals surface area contributed by atoms with Gasteiger partial charge in [0, 0.05) is 55.2 Å². The lowest BCUT2D eigenvalue weighted by molar-refractivity contribution is -0.143. The Hall–Kier alpha value is -9.13. The minimum atomic E-state index is -2.15. The number of aliphatic hydroxyl groups is 1. The van der Waals surface area contributed by atoms with E-state index in [0.29, 0.717) is 11.1 Å². The fraction of sp³-hybridized carbons (Fsp3) is 0.629. The van der Waals surface area contributed by atoms with Gasteiger partial charge < -0.3 is 94.7 Å². The fourth-order valence-corrected chi connectivity index (χ4v) is 12.7. The molecule has 5 rings (SSSR count). The average Bonchev–Trinajstić information content (AvgIpc) is 1.41. The largest absolute Gasteiger partial charge is 0.481 e. The number of primary amides is 1. The quantitative estimate of drug-likeness (QED) is 0.0560. The highest BCUT2D eigenvalue weighted by atomic mass is 32.2. The van der Waals surface area contributed by atoms with Gasteiger partial charge in [-0.25, -0.2) is 0 Å². The van der Waals surface area contributed by atoms with Crippen LogP contribution in [0.4, 0.5) is 0 Å². The number of carbonyl (C=O) groups is 17. The van der Waals surface area contributed by atoms with Crippen LogP contribution in [-0.4, -0.2) is 228 Å². The Morgan fingerprint density at radius 1 is 0.485 bits per heavy atom. The van der Waals surface area contributed by atoms with Crippen LogP contribution in [0.5, 0.6) is 0 Å². The van der Waals surface area contributed by atoms with Crippen molar-refractivity contribution >= 4 is 124 Å². The summed E-state index contributed by atoms with van der Waals surface area (Å²) in [7, 11) is 0. The van der Waals surface area contributed by atoms with Gasteiger partial charge in [0.15, 0.2) is 0 Å². The maximum atomic E-state index is 14.8. The fourth-order valence-electron chi connectivity index (χ4n) is 10.7. The number of nitrogens with zero attached hydrogens (tertiary/aromatic N) is 1. The van der Waals surface area contributed by atoms with Crippen LogP contribution in [0.2, 0.25) is 0 Å². The molecule has 0 unspecified atom stereocenters. The van der Waals surface area contributed by atoms with Crippen molar-refractivity contribution in [1.29, 1.82) is 0 Å². The molecule has 4 heterocycles. The Bertz CT molecular complexity index is 3120. The van der Waals surface area contributed by atoms with Gasteiger partial charge in [-0.2, -0.15) is 23.5 Å². The predicted octanol–water partition coefficient (Wildman–Crippen LogP) is -3.67. The van der Waals surface area contributed by atoms with E-state index < -0.39 is 238 Å². The second-order valence-electron chi connectivity index (χ2n) is 25.1. The molecule has 0 aromatic heterocycles. The molecule has 4 aliphatic heterocycles. The van der Waals surface area contributed by atoms with E-state index in [9.17, 15) is 107 Å². The topological polar surface area (TPSA) is 553 Å². The van der Waals surface area contributed by atoms with Crippen LogP contribution in [0.25, 0.3) is 0 Å². The van der Waals surface area contributed by atoms with Crippen LogP contribution in [0.1, 0.15) is 136 Å². The van der Waals surface area contributed by atoms with E-state index in [2.05, 4.69) is 58.5 Å². The first kappa shape index (κ1) is 82.3. The monoisotopic (exact) mass is 1430 g/mol. The van der Waals surface area contributed by atoms with Crippen LogP contribution in [0.3, 0.4) is 0 Å². The number of thioether (sulfide) groups is 2. The first-order valence-corrected chi connectivity index (χ1v) is 34.6. The third-order valence-electron chi connectivity index (χ3n) is 15.8. The molecular weight excluding hydrogens is 1340 g/mol. The Labute approximate surface area is 578 Å². The van der Waals surface area contributed by atoms with E-state index in [0.717, 1.165) is 30.4 Å². The third kappa shape index (κ3) is 28.7. The first-order chi connectivity index (χ1) is 46.6. The van der Waals surface area contributed by atoms with E-state index in [1.54, 1.807) is 52.0 Å². The first-order valence-electron chi connectivity index (χ1n) is 32.3. The van der Waals surface area contributed by atoms with Crippen LogP contribution in [0.15, 0.2) is 24.3 Å². The molecule has 12 atom stereocenters. The van der Waals surface area contributed by atoms with E-state index in [1.165, 1.54) is 4.90 Å². The Balaban J connectivity index is 1.99. The van der Waals surface area contributed by atoms with Gasteiger partial charge in [0.25, 0.3) is 0 Å². The highest BCUT2D eigenvalue weighted by molar-refractivity contribution is 7.98. The number of aliphatic carboxylic acids is 4. The Morgan fingerprint density at radius 3 is 1.37 bits per heavy atom. The molecule has 37 heteroatoms. The minimum absolute atomic E-state index is 0.00218. The molecule has 35 nitrogen and oxygen atoms in total. The van der Waals surface area contributed by atoms with Crippen LogP contribution >= 0.6 is 23.5 Å². The summed E-state index contributed by atoms with van der Waals surface area (Å²) >= 11 is 2.16. The number of rotatable bonds is 20. The summed E-state index contributed by atoms with van der Waals surface area (Å²) in [5, 5.41) is 76.2. The Kier molecular flexibility index (Phi) is 33.8. The van der Waals surface area contributed by atoms with Gasteiger partial charge in [0.05, 0.1) is 19.1 Å². The number of hydrogen-bond acceptors (Lipinski definition) is 20. The number of carboxylic acid groups (broad SMARTS) is 4. The zero-order valence-corrected chi connectivity index (χ0v) is 57.2. The number of fused-ring (bicyclic) bond motifs is 11. The second kappa shape index (κ2) is 40.7. The lowest BCUT2D eigenvalue weighted by Gasteiger charge is -2.32. The van der Waals surface area contributed by atoms with E-state index >= 15 is 0 Å². The number of carboxylic acids is 4. The molecule has 18 N–H and O–H groups in total. The molecule has 0 spiro atoms. The molecule has 4 bridgehead atoms. The lowest BCUT2D eigenvalue weighted by atomic mass is 10.0. The molecular formula is C62H91N13O22S2. The number of carbonyl (C=O) groups excluding carboxylic acids is 13. The van der Waals surface area contributed by atoms with Crippen molar-refractivity contribution in [2.45, 2.75) is 209 Å². The second-order valence-corrected chi connectivity index (χ2v) is 27.2. The zero-order valence-electron chi connectivity index (χ0n) is 55.6. The highest BCUT2D eigenvalue weighted by Gasteiger charge is 2.42. The number of benzene rings is 1. The summed E-state index contributed by atoms with van der Waals surface area (Å²) in [6.45, 7) is 6.96. The minimum Gasteiger partial charge on any atom is -0.481 e. The van der Waals surface area contributed by atoms with Gasteiger partial charge in [-0.1, -0.05) is 52.0 Å². The van der Waals surface area contributed by atoms with Crippen LogP contribution in [-0.2, 0) is 93.0 Å². The van der Waals surface area contributed by atoms with Crippen molar-refractivity contribution in [2.75, 3.05) is 24.6 Å². The van der Waals surface area contributed by atoms with Crippen molar-refractivity contribution in [3.05, 3.63) is 35.4 Å². The maximum absolute atomic E-state index is 14.8. The zero-order chi connectivity index (χ0) is 73.8. The number of nitrogens with two attached hydrogens (primary N) is 1. The number of aliphatic hydroxyl groups excluding tert-OH is 1. The molecule has 1 fully saturated rings. The molecule has 0 aliphatic carbocycles. The summed E-state index contributed by atoms with van der Waals surface area (Å²) < 4.78 is 0. The SMILES string of the molecule is CC(C)C[C@@H]1NC(=O)[C@@H]2CCCN2C(=O)[C@H](CC(C)C)NC(=O)[C@@H]2CSCc3ccc(cc3)CSC[C@H](NC(=O)[C@H](CCC(N)=O)NC1=O)C(=O)N[C@@H](CC(=O)O)C(=O)N[C@@H](CCC(=O)O)C(=O)N[C@@H](CCCC(=O)O)C(=O)N[C@@H]([C@@H](C)O)C(=O)NCC(=O)N[C@@H](CCC(=O)O)C(=O)N2. The van der Waals surface area contributed by atoms with Crippen molar-refractivity contribution in [3.63, 3.8) is 0 Å². The molecule has 0 saturated carbocycles. The van der Waals surface area contributed by atoms with Gasteiger partial charge >= 0.3 is 23.9 Å². The predicted molar refractivity (Wildman–Crippen MR) is 352 cm³/mol. The summed E-state index contributed by atoms with van der Waals surface area (Å²) in [4.78, 5) is 234.